The Labute approximate surface area is 111 Å². The molecule has 4 nitrogen and oxygen atoms in total. The quantitative estimate of drug-likeness (QED) is 0.783. The maximum absolute atomic E-state index is 5.49. The van der Waals surface area contributed by atoms with E-state index in [2.05, 4.69) is 29.4 Å². The molecule has 0 aliphatic rings. The van der Waals surface area contributed by atoms with E-state index in [9.17, 15) is 0 Å². The number of nitrogens with zero attached hydrogens (tertiary/aromatic N) is 1. The molecule has 98 valence electrons. The van der Waals surface area contributed by atoms with Crippen LogP contribution >= 0.6 is 11.3 Å². The van der Waals surface area contributed by atoms with Crippen LogP contribution in [-0.4, -0.2) is 25.2 Å². The van der Waals surface area contributed by atoms with Gasteiger partial charge in [-0.1, -0.05) is 6.92 Å². The van der Waals surface area contributed by atoms with Crippen molar-refractivity contribution in [2.24, 2.45) is 0 Å². The monoisotopic (exact) mass is 266 g/mol. The highest BCUT2D eigenvalue weighted by Crippen LogP contribution is 2.27. The fraction of sp³-hybridized carbons (Fsp3) is 0.462. The first-order chi connectivity index (χ1) is 8.83. The molecule has 0 atom stereocenters. The number of oxazole rings is 1. The van der Waals surface area contributed by atoms with E-state index in [4.69, 9.17) is 9.15 Å². The third-order valence-electron chi connectivity index (χ3n) is 2.56. The number of aromatic nitrogens is 1. The van der Waals surface area contributed by atoms with Crippen molar-refractivity contribution >= 4 is 11.3 Å². The highest BCUT2D eigenvalue weighted by Gasteiger charge is 2.08. The van der Waals surface area contributed by atoms with Gasteiger partial charge in [-0.25, -0.2) is 4.98 Å². The largest absolute Gasteiger partial charge is 0.444 e. The van der Waals surface area contributed by atoms with E-state index in [0.29, 0.717) is 19.0 Å². The lowest BCUT2D eigenvalue weighted by molar-refractivity contribution is 0.199. The molecule has 2 rings (SSSR count). The second-order valence-electron chi connectivity index (χ2n) is 3.93. The Morgan fingerprint density at radius 3 is 3.06 bits per heavy atom. The smallest absolute Gasteiger partial charge is 0.236 e. The highest BCUT2D eigenvalue weighted by atomic mass is 32.1. The highest BCUT2D eigenvalue weighted by molar-refractivity contribution is 7.15. The molecular weight excluding hydrogens is 248 g/mol. The van der Waals surface area contributed by atoms with E-state index in [1.165, 1.54) is 4.88 Å². The Kier molecular flexibility index (Phi) is 4.92. The molecule has 0 spiro atoms. The summed E-state index contributed by atoms with van der Waals surface area (Å²) in [7, 11) is 1.69. The van der Waals surface area contributed by atoms with Crippen LogP contribution < -0.4 is 5.32 Å². The SMILES string of the molecule is CCc1ccc(-c2nc(CNCCOC)co2)s1. The summed E-state index contributed by atoms with van der Waals surface area (Å²) < 4.78 is 10.5. The molecule has 0 aromatic carbocycles. The molecule has 2 aromatic heterocycles. The minimum atomic E-state index is 0.704. The summed E-state index contributed by atoms with van der Waals surface area (Å²) in [6, 6.07) is 4.19. The normalized spacial score (nSPS) is 11.0. The van der Waals surface area contributed by atoms with E-state index >= 15 is 0 Å². The molecule has 18 heavy (non-hydrogen) atoms. The van der Waals surface area contributed by atoms with Crippen LogP contribution in [0.2, 0.25) is 0 Å². The minimum Gasteiger partial charge on any atom is -0.444 e. The summed E-state index contributed by atoms with van der Waals surface area (Å²) in [4.78, 5) is 6.91. The number of hydrogen-bond donors (Lipinski definition) is 1. The zero-order valence-electron chi connectivity index (χ0n) is 10.7. The first-order valence-corrected chi connectivity index (χ1v) is 6.88. The van der Waals surface area contributed by atoms with Crippen molar-refractivity contribution in [3.63, 3.8) is 0 Å². The van der Waals surface area contributed by atoms with Crippen molar-refractivity contribution in [3.05, 3.63) is 29.0 Å². The van der Waals surface area contributed by atoms with Gasteiger partial charge in [-0.15, -0.1) is 11.3 Å². The molecule has 2 aromatic rings. The van der Waals surface area contributed by atoms with Crippen molar-refractivity contribution in [2.45, 2.75) is 19.9 Å². The first kappa shape index (κ1) is 13.3. The van der Waals surface area contributed by atoms with Gasteiger partial charge in [0.05, 0.1) is 17.2 Å². The van der Waals surface area contributed by atoms with Crippen molar-refractivity contribution in [3.8, 4) is 10.8 Å². The molecule has 0 amide bonds. The van der Waals surface area contributed by atoms with Crippen molar-refractivity contribution in [1.82, 2.24) is 10.3 Å². The lowest BCUT2D eigenvalue weighted by Crippen LogP contribution is -2.18. The predicted octanol–water partition coefficient (Wildman–Crippen LogP) is 2.70. The number of aryl methyl sites for hydroxylation is 1. The predicted molar refractivity (Wildman–Crippen MR) is 72.8 cm³/mol. The van der Waals surface area contributed by atoms with Crippen LogP contribution in [0.25, 0.3) is 10.8 Å². The van der Waals surface area contributed by atoms with E-state index in [-0.39, 0.29) is 0 Å². The van der Waals surface area contributed by atoms with Gasteiger partial charge in [0.15, 0.2) is 0 Å². The Morgan fingerprint density at radius 1 is 1.44 bits per heavy atom. The molecule has 0 aliphatic carbocycles. The Balaban J connectivity index is 1.93. The molecule has 0 bridgehead atoms. The lowest BCUT2D eigenvalue weighted by Gasteiger charge is -1.99. The number of hydrogen-bond acceptors (Lipinski definition) is 5. The van der Waals surface area contributed by atoms with E-state index in [0.717, 1.165) is 23.5 Å². The summed E-state index contributed by atoms with van der Waals surface area (Å²) >= 11 is 1.73. The van der Waals surface area contributed by atoms with Gasteiger partial charge in [-0.2, -0.15) is 0 Å². The Bertz CT molecular complexity index is 479. The fourth-order valence-corrected chi connectivity index (χ4v) is 2.45. The van der Waals surface area contributed by atoms with Gasteiger partial charge in [-0.3, -0.25) is 0 Å². The van der Waals surface area contributed by atoms with Gasteiger partial charge in [0.2, 0.25) is 5.89 Å². The van der Waals surface area contributed by atoms with Gasteiger partial charge in [0, 0.05) is 25.1 Å². The molecule has 0 saturated heterocycles. The molecule has 0 aliphatic heterocycles. The number of thiophene rings is 1. The number of ether oxygens (including phenoxy) is 1. The van der Waals surface area contributed by atoms with Crippen LogP contribution in [0.3, 0.4) is 0 Å². The van der Waals surface area contributed by atoms with E-state index in [1.54, 1.807) is 24.7 Å². The molecule has 2 heterocycles. The average molecular weight is 266 g/mol. The Morgan fingerprint density at radius 2 is 2.33 bits per heavy atom. The summed E-state index contributed by atoms with van der Waals surface area (Å²) in [6.45, 7) is 4.38. The Hall–Kier alpha value is -1.17. The summed E-state index contributed by atoms with van der Waals surface area (Å²) in [5.41, 5.74) is 0.924. The molecule has 0 radical (unpaired) electrons. The van der Waals surface area contributed by atoms with Crippen molar-refractivity contribution in [2.75, 3.05) is 20.3 Å². The molecule has 0 unspecified atom stereocenters. The van der Waals surface area contributed by atoms with Crippen LogP contribution in [0.15, 0.2) is 22.8 Å². The van der Waals surface area contributed by atoms with Crippen molar-refractivity contribution < 1.29 is 9.15 Å². The van der Waals surface area contributed by atoms with Crippen LogP contribution in [-0.2, 0) is 17.7 Å². The summed E-state index contributed by atoms with van der Waals surface area (Å²) in [6.07, 6.45) is 2.76. The summed E-state index contributed by atoms with van der Waals surface area (Å²) in [5.74, 6) is 0.711. The molecule has 0 fully saturated rings. The number of rotatable bonds is 7. The van der Waals surface area contributed by atoms with Crippen LogP contribution in [0.5, 0.6) is 0 Å². The molecule has 5 heteroatoms. The van der Waals surface area contributed by atoms with Gasteiger partial charge >= 0.3 is 0 Å². The molecular formula is C13H18N2O2S. The number of methoxy groups -OCH3 is 1. The third kappa shape index (κ3) is 3.41. The van der Waals surface area contributed by atoms with Crippen LogP contribution in [0.4, 0.5) is 0 Å². The van der Waals surface area contributed by atoms with E-state index in [1.807, 2.05) is 0 Å². The maximum Gasteiger partial charge on any atom is 0.236 e. The van der Waals surface area contributed by atoms with Gasteiger partial charge in [0.25, 0.3) is 0 Å². The second kappa shape index (κ2) is 6.68. The number of nitrogens with one attached hydrogen (secondary N) is 1. The van der Waals surface area contributed by atoms with Gasteiger partial charge in [-0.05, 0) is 18.6 Å². The average Bonchev–Trinajstić information content (AvgIpc) is 3.03. The van der Waals surface area contributed by atoms with Crippen molar-refractivity contribution in [1.29, 1.82) is 0 Å². The van der Waals surface area contributed by atoms with Crippen LogP contribution in [0.1, 0.15) is 17.5 Å². The topological polar surface area (TPSA) is 47.3 Å². The van der Waals surface area contributed by atoms with Gasteiger partial charge in [0.1, 0.15) is 6.26 Å². The summed E-state index contributed by atoms with van der Waals surface area (Å²) in [5, 5.41) is 3.24. The standard InChI is InChI=1S/C13H18N2O2S/c1-3-11-4-5-12(18-11)13-15-10(9-17-13)8-14-6-7-16-2/h4-5,9,14H,3,6-8H2,1-2H3. The van der Waals surface area contributed by atoms with E-state index < -0.39 is 0 Å². The first-order valence-electron chi connectivity index (χ1n) is 6.06. The third-order valence-corrected chi connectivity index (χ3v) is 3.78. The second-order valence-corrected chi connectivity index (χ2v) is 5.10. The lowest BCUT2D eigenvalue weighted by atomic mass is 10.4. The fourth-order valence-electron chi connectivity index (χ4n) is 1.57. The van der Waals surface area contributed by atoms with Gasteiger partial charge < -0.3 is 14.5 Å². The molecule has 1 N–H and O–H groups in total. The minimum absolute atomic E-state index is 0.704. The maximum atomic E-state index is 5.49. The zero-order valence-corrected chi connectivity index (χ0v) is 11.5. The zero-order chi connectivity index (χ0) is 12.8. The molecule has 0 saturated carbocycles. The van der Waals surface area contributed by atoms with Crippen LogP contribution in [0, 0.1) is 0 Å².